The SMILES string of the molecule is CC1CN=Cc2c1n(-c1ccc(C(C)(C)c3ccc(C(C)(C)c4ccc(-n5c6ccncc6c6cnccc65)cc4)cc3)cc1)c1ccncc21. The number of fused-ring (bicyclic) bond motifs is 6. The van der Waals surface area contributed by atoms with Crippen molar-refractivity contribution in [1.29, 1.82) is 0 Å². The number of hydrogen-bond donors (Lipinski definition) is 0. The van der Waals surface area contributed by atoms with E-state index in [-0.39, 0.29) is 10.8 Å². The van der Waals surface area contributed by atoms with Crippen LogP contribution in [0.15, 0.2) is 133 Å². The first-order valence-electron chi connectivity index (χ1n) is 17.7. The summed E-state index contributed by atoms with van der Waals surface area (Å²) in [6.07, 6.45) is 13.4. The number of hydrogen-bond acceptors (Lipinski definition) is 4. The van der Waals surface area contributed by atoms with Gasteiger partial charge in [0.1, 0.15) is 0 Å². The molecule has 1 unspecified atom stereocenters. The van der Waals surface area contributed by atoms with E-state index >= 15 is 0 Å². The van der Waals surface area contributed by atoms with Gasteiger partial charge in [-0.2, -0.15) is 0 Å². The van der Waals surface area contributed by atoms with Crippen LogP contribution in [0, 0.1) is 0 Å². The quantitative estimate of drug-likeness (QED) is 0.178. The summed E-state index contributed by atoms with van der Waals surface area (Å²) in [6, 6.07) is 33.6. The standard InChI is InChI=1S/C45H40N6/c1-29-24-49-28-39-38-27-48-23-20-42(38)51(43(29)39)35-16-12-33(13-17-35)45(4,5)31-8-6-30(7-9-31)44(2,3)32-10-14-34(15-11-32)50-40-18-21-46-25-36(40)37-26-47-22-19-41(37)50/h6-23,25-29H,24H2,1-5H3. The minimum Gasteiger partial charge on any atom is -0.312 e. The fourth-order valence-electron chi connectivity index (χ4n) is 8.14. The zero-order chi connectivity index (χ0) is 34.9. The first kappa shape index (κ1) is 31.1. The molecule has 8 aromatic rings. The summed E-state index contributed by atoms with van der Waals surface area (Å²) in [5.41, 5.74) is 13.0. The van der Waals surface area contributed by atoms with E-state index in [0.29, 0.717) is 5.92 Å². The number of aliphatic imine (C=N–C) groups is 1. The number of pyridine rings is 3. The molecule has 1 atom stereocenters. The second kappa shape index (κ2) is 11.6. The molecule has 250 valence electrons. The third kappa shape index (κ3) is 4.84. The van der Waals surface area contributed by atoms with Crippen LogP contribution in [0.5, 0.6) is 0 Å². The van der Waals surface area contributed by atoms with Crippen molar-refractivity contribution in [3.8, 4) is 11.4 Å². The number of rotatable bonds is 6. The van der Waals surface area contributed by atoms with Crippen molar-refractivity contribution in [2.24, 2.45) is 4.99 Å². The molecular weight excluding hydrogens is 625 g/mol. The van der Waals surface area contributed by atoms with Crippen LogP contribution in [0.4, 0.5) is 0 Å². The third-order valence-corrected chi connectivity index (χ3v) is 11.3. The molecule has 1 aliphatic rings. The molecule has 0 aliphatic carbocycles. The highest BCUT2D eigenvalue weighted by molar-refractivity contribution is 6.08. The molecule has 9 rings (SSSR count). The first-order valence-corrected chi connectivity index (χ1v) is 17.7. The fraction of sp³-hybridized carbons (Fsp3) is 0.200. The highest BCUT2D eigenvalue weighted by atomic mass is 15.0. The molecule has 0 amide bonds. The lowest BCUT2D eigenvalue weighted by Gasteiger charge is -2.30. The van der Waals surface area contributed by atoms with Gasteiger partial charge in [-0.15, -0.1) is 0 Å². The number of aromatic nitrogens is 5. The Morgan fingerprint density at radius 2 is 0.902 bits per heavy atom. The first-order chi connectivity index (χ1) is 24.7. The van der Waals surface area contributed by atoms with Gasteiger partial charge < -0.3 is 9.13 Å². The Morgan fingerprint density at radius 3 is 1.37 bits per heavy atom. The van der Waals surface area contributed by atoms with E-state index in [9.17, 15) is 0 Å². The van der Waals surface area contributed by atoms with Crippen LogP contribution in [0.25, 0.3) is 44.1 Å². The Labute approximate surface area is 298 Å². The third-order valence-electron chi connectivity index (χ3n) is 11.3. The normalized spacial score (nSPS) is 14.8. The van der Waals surface area contributed by atoms with E-state index < -0.39 is 0 Å². The van der Waals surface area contributed by atoms with Crippen molar-refractivity contribution >= 4 is 38.9 Å². The summed E-state index contributed by atoms with van der Waals surface area (Å²) in [5.74, 6) is 0.338. The van der Waals surface area contributed by atoms with E-state index in [1.54, 1.807) is 0 Å². The summed E-state index contributed by atoms with van der Waals surface area (Å²) in [7, 11) is 0. The molecule has 51 heavy (non-hydrogen) atoms. The molecule has 5 aromatic heterocycles. The molecule has 0 fully saturated rings. The van der Waals surface area contributed by atoms with Gasteiger partial charge in [0, 0.05) is 105 Å². The molecule has 0 bridgehead atoms. The summed E-state index contributed by atoms with van der Waals surface area (Å²) in [4.78, 5) is 17.8. The van der Waals surface area contributed by atoms with Crippen LogP contribution in [-0.4, -0.2) is 36.8 Å². The predicted octanol–water partition coefficient (Wildman–Crippen LogP) is 10.1. The zero-order valence-electron chi connectivity index (χ0n) is 29.7. The molecule has 0 saturated heterocycles. The predicted molar refractivity (Wildman–Crippen MR) is 209 cm³/mol. The second-order valence-corrected chi connectivity index (χ2v) is 15.0. The summed E-state index contributed by atoms with van der Waals surface area (Å²) >= 11 is 0. The Bertz CT molecular complexity index is 2550. The van der Waals surface area contributed by atoms with Crippen LogP contribution in [0.3, 0.4) is 0 Å². The van der Waals surface area contributed by atoms with Crippen molar-refractivity contribution in [2.75, 3.05) is 6.54 Å². The fourth-order valence-corrected chi connectivity index (χ4v) is 8.14. The second-order valence-electron chi connectivity index (χ2n) is 15.0. The molecule has 6 heterocycles. The molecule has 1 aliphatic heterocycles. The van der Waals surface area contributed by atoms with E-state index in [0.717, 1.165) is 39.4 Å². The van der Waals surface area contributed by atoms with E-state index in [2.05, 4.69) is 155 Å². The number of benzene rings is 3. The lowest BCUT2D eigenvalue weighted by Crippen LogP contribution is -2.21. The van der Waals surface area contributed by atoms with Crippen molar-refractivity contribution in [3.05, 3.63) is 162 Å². The molecule has 0 saturated carbocycles. The Morgan fingerprint density at radius 1 is 0.510 bits per heavy atom. The van der Waals surface area contributed by atoms with Crippen LogP contribution in [0.2, 0.25) is 0 Å². The van der Waals surface area contributed by atoms with E-state index in [1.807, 2.05) is 43.4 Å². The maximum atomic E-state index is 4.64. The highest BCUT2D eigenvalue weighted by Crippen LogP contribution is 2.39. The van der Waals surface area contributed by atoms with Gasteiger partial charge >= 0.3 is 0 Å². The minimum atomic E-state index is -0.173. The molecule has 0 spiro atoms. The summed E-state index contributed by atoms with van der Waals surface area (Å²) in [6.45, 7) is 12.3. The largest absolute Gasteiger partial charge is 0.312 e. The van der Waals surface area contributed by atoms with E-state index in [1.165, 1.54) is 44.7 Å². The van der Waals surface area contributed by atoms with E-state index in [4.69, 9.17) is 0 Å². The highest BCUT2D eigenvalue weighted by Gasteiger charge is 2.28. The van der Waals surface area contributed by atoms with Crippen molar-refractivity contribution in [2.45, 2.75) is 51.4 Å². The summed E-state index contributed by atoms with van der Waals surface area (Å²) < 4.78 is 4.70. The smallest absolute Gasteiger partial charge is 0.0572 e. The number of nitrogens with zero attached hydrogens (tertiary/aromatic N) is 6. The lowest BCUT2D eigenvalue weighted by molar-refractivity contribution is 0.626. The minimum absolute atomic E-state index is 0.168. The molecule has 3 aromatic carbocycles. The van der Waals surface area contributed by atoms with Gasteiger partial charge in [0.25, 0.3) is 0 Å². The van der Waals surface area contributed by atoms with Crippen molar-refractivity contribution in [3.63, 3.8) is 0 Å². The summed E-state index contributed by atoms with van der Waals surface area (Å²) in [5, 5.41) is 3.38. The van der Waals surface area contributed by atoms with Gasteiger partial charge in [-0.05, 0) is 64.7 Å². The monoisotopic (exact) mass is 664 g/mol. The van der Waals surface area contributed by atoms with Gasteiger partial charge in [0.15, 0.2) is 0 Å². The Kier molecular flexibility index (Phi) is 7.08. The molecule has 0 radical (unpaired) electrons. The van der Waals surface area contributed by atoms with Crippen LogP contribution >= 0.6 is 0 Å². The van der Waals surface area contributed by atoms with Gasteiger partial charge in [-0.1, -0.05) is 83.1 Å². The Balaban J connectivity index is 0.994. The maximum Gasteiger partial charge on any atom is 0.0572 e. The topological polar surface area (TPSA) is 60.9 Å². The van der Waals surface area contributed by atoms with Gasteiger partial charge in [-0.25, -0.2) is 0 Å². The zero-order valence-corrected chi connectivity index (χ0v) is 29.7. The maximum absolute atomic E-state index is 4.64. The van der Waals surface area contributed by atoms with Gasteiger partial charge in [0.05, 0.1) is 16.6 Å². The molecule has 6 nitrogen and oxygen atoms in total. The van der Waals surface area contributed by atoms with Crippen LogP contribution in [-0.2, 0) is 10.8 Å². The van der Waals surface area contributed by atoms with Gasteiger partial charge in [-0.3, -0.25) is 19.9 Å². The Hall–Kier alpha value is -5.88. The average Bonchev–Trinajstić information content (AvgIpc) is 3.69. The lowest BCUT2D eigenvalue weighted by atomic mass is 9.74. The molecular formula is C45H40N6. The van der Waals surface area contributed by atoms with Crippen LogP contribution < -0.4 is 0 Å². The van der Waals surface area contributed by atoms with Crippen LogP contribution in [0.1, 0.15) is 74.0 Å². The van der Waals surface area contributed by atoms with Gasteiger partial charge in [0.2, 0.25) is 0 Å². The molecule has 0 N–H and O–H groups in total. The van der Waals surface area contributed by atoms with Crippen molar-refractivity contribution < 1.29 is 0 Å². The average molecular weight is 665 g/mol. The van der Waals surface area contributed by atoms with Crippen molar-refractivity contribution in [1.82, 2.24) is 24.1 Å². The molecule has 6 heteroatoms.